The topological polar surface area (TPSA) is 18.5 Å². The highest BCUT2D eigenvalue weighted by molar-refractivity contribution is 4.77. The molecule has 1 heterocycles. The second-order valence-corrected chi connectivity index (χ2v) is 6.42. The van der Waals surface area contributed by atoms with Gasteiger partial charge in [0.25, 0.3) is 0 Å². The monoisotopic (exact) mass is 267 g/mol. The van der Waals surface area contributed by atoms with Gasteiger partial charge in [0.05, 0.1) is 0 Å². The Kier molecular flexibility index (Phi) is 6.62. The van der Waals surface area contributed by atoms with E-state index in [-0.39, 0.29) is 0 Å². The molecule has 0 aromatic carbocycles. The third-order valence-corrected chi connectivity index (χ3v) is 5.06. The van der Waals surface area contributed by atoms with Gasteiger partial charge < -0.3 is 10.2 Å². The van der Waals surface area contributed by atoms with E-state index in [1.165, 1.54) is 77.8 Å². The van der Waals surface area contributed by atoms with Gasteiger partial charge in [-0.05, 0) is 45.7 Å². The minimum absolute atomic E-state index is 0.770. The number of hydrogen-bond acceptors (Lipinski definition) is 3. The van der Waals surface area contributed by atoms with Crippen molar-refractivity contribution in [2.75, 3.05) is 39.3 Å². The predicted octanol–water partition coefficient (Wildman–Crippen LogP) is 2.32. The van der Waals surface area contributed by atoms with E-state index in [1.54, 1.807) is 0 Å². The number of rotatable bonds is 7. The molecule has 1 saturated heterocycles. The summed E-state index contributed by atoms with van der Waals surface area (Å²) in [6.45, 7) is 12.2. The summed E-state index contributed by atoms with van der Waals surface area (Å²) in [7, 11) is 0. The molecule has 0 aromatic rings. The molecule has 0 amide bonds. The number of piperazine rings is 1. The van der Waals surface area contributed by atoms with Crippen LogP contribution in [0.3, 0.4) is 0 Å². The first-order valence-corrected chi connectivity index (χ1v) is 8.49. The van der Waals surface area contributed by atoms with Crippen LogP contribution in [0, 0.1) is 0 Å². The fourth-order valence-corrected chi connectivity index (χ4v) is 3.42. The minimum atomic E-state index is 0.770. The quantitative estimate of drug-likeness (QED) is 0.714. The zero-order valence-corrected chi connectivity index (χ0v) is 13.0. The van der Waals surface area contributed by atoms with Crippen molar-refractivity contribution in [1.29, 1.82) is 0 Å². The highest BCUT2D eigenvalue weighted by atomic mass is 15.3. The number of nitrogens with zero attached hydrogens (tertiary/aromatic N) is 2. The molecule has 1 N–H and O–H groups in total. The third-order valence-electron chi connectivity index (χ3n) is 5.06. The van der Waals surface area contributed by atoms with E-state index in [9.17, 15) is 0 Å². The summed E-state index contributed by atoms with van der Waals surface area (Å²) in [6, 6.07) is 1.61. The first-order chi connectivity index (χ1) is 9.29. The van der Waals surface area contributed by atoms with Crippen LogP contribution in [0.4, 0.5) is 0 Å². The van der Waals surface area contributed by atoms with Crippen molar-refractivity contribution >= 4 is 0 Å². The van der Waals surface area contributed by atoms with Gasteiger partial charge in [0.1, 0.15) is 0 Å². The lowest BCUT2D eigenvalue weighted by Gasteiger charge is -2.37. The van der Waals surface area contributed by atoms with Gasteiger partial charge in [-0.25, -0.2) is 0 Å². The van der Waals surface area contributed by atoms with Crippen molar-refractivity contribution in [2.24, 2.45) is 0 Å². The van der Waals surface area contributed by atoms with Crippen molar-refractivity contribution in [3.8, 4) is 0 Å². The zero-order valence-electron chi connectivity index (χ0n) is 13.0. The van der Waals surface area contributed by atoms with Crippen LogP contribution in [0.15, 0.2) is 0 Å². The molecule has 2 aliphatic rings. The van der Waals surface area contributed by atoms with Crippen LogP contribution in [-0.4, -0.2) is 61.2 Å². The van der Waals surface area contributed by atoms with Crippen LogP contribution < -0.4 is 5.32 Å². The number of hydrogen-bond donors (Lipinski definition) is 1. The van der Waals surface area contributed by atoms with Crippen LogP contribution >= 0.6 is 0 Å². The van der Waals surface area contributed by atoms with Gasteiger partial charge in [-0.2, -0.15) is 0 Å². The highest BCUT2D eigenvalue weighted by Crippen LogP contribution is 2.17. The van der Waals surface area contributed by atoms with Gasteiger partial charge in [-0.15, -0.1) is 0 Å². The Bertz CT molecular complexity index is 230. The lowest BCUT2D eigenvalue weighted by Crippen LogP contribution is -2.49. The first-order valence-electron chi connectivity index (χ1n) is 8.49. The summed E-state index contributed by atoms with van der Waals surface area (Å²) in [5.41, 5.74) is 0. The average Bonchev–Trinajstić information content (AvgIpc) is 2.96. The second-order valence-electron chi connectivity index (χ2n) is 6.42. The zero-order chi connectivity index (χ0) is 13.5. The van der Waals surface area contributed by atoms with Crippen LogP contribution in [0.1, 0.15) is 52.4 Å². The Morgan fingerprint density at radius 3 is 2.42 bits per heavy atom. The largest absolute Gasteiger partial charge is 0.314 e. The SMILES string of the molecule is CCC(C)N1CCN(CCCNC2CCCC2)CC1. The van der Waals surface area contributed by atoms with E-state index in [0.29, 0.717) is 0 Å². The molecule has 19 heavy (non-hydrogen) atoms. The average molecular weight is 267 g/mol. The Morgan fingerprint density at radius 1 is 1.11 bits per heavy atom. The molecule has 3 nitrogen and oxygen atoms in total. The van der Waals surface area contributed by atoms with Gasteiger partial charge >= 0.3 is 0 Å². The lowest BCUT2D eigenvalue weighted by molar-refractivity contribution is 0.0998. The molecule has 3 heteroatoms. The fourth-order valence-electron chi connectivity index (χ4n) is 3.42. The highest BCUT2D eigenvalue weighted by Gasteiger charge is 2.19. The van der Waals surface area contributed by atoms with Gasteiger partial charge in [0.15, 0.2) is 0 Å². The third kappa shape index (κ3) is 5.05. The van der Waals surface area contributed by atoms with Crippen molar-refractivity contribution in [1.82, 2.24) is 15.1 Å². The van der Waals surface area contributed by atoms with Gasteiger partial charge in [-0.1, -0.05) is 19.8 Å². The van der Waals surface area contributed by atoms with Crippen LogP contribution in [-0.2, 0) is 0 Å². The second kappa shape index (κ2) is 8.23. The van der Waals surface area contributed by atoms with E-state index in [0.717, 1.165) is 12.1 Å². The fraction of sp³-hybridized carbons (Fsp3) is 1.00. The van der Waals surface area contributed by atoms with E-state index in [1.807, 2.05) is 0 Å². The van der Waals surface area contributed by atoms with Crippen LogP contribution in [0.5, 0.6) is 0 Å². The normalized spacial score (nSPS) is 24.9. The molecule has 2 rings (SSSR count). The molecular formula is C16H33N3. The van der Waals surface area contributed by atoms with E-state index < -0.39 is 0 Å². The summed E-state index contributed by atoms with van der Waals surface area (Å²) in [5.74, 6) is 0. The molecule has 1 aliphatic carbocycles. The maximum atomic E-state index is 3.72. The van der Waals surface area contributed by atoms with Crippen molar-refractivity contribution in [3.63, 3.8) is 0 Å². The molecule has 0 radical (unpaired) electrons. The van der Waals surface area contributed by atoms with Crippen molar-refractivity contribution in [2.45, 2.75) is 64.5 Å². The van der Waals surface area contributed by atoms with Crippen molar-refractivity contribution < 1.29 is 0 Å². The Labute approximate surface area is 119 Å². The summed E-state index contributed by atoms with van der Waals surface area (Å²) in [6.07, 6.45) is 8.30. The lowest BCUT2D eigenvalue weighted by atomic mass is 10.2. The van der Waals surface area contributed by atoms with E-state index in [4.69, 9.17) is 0 Å². The summed E-state index contributed by atoms with van der Waals surface area (Å²) < 4.78 is 0. The molecule has 112 valence electrons. The van der Waals surface area contributed by atoms with Gasteiger partial charge in [0, 0.05) is 38.3 Å². The Balaban J connectivity index is 1.50. The molecule has 2 fully saturated rings. The maximum Gasteiger partial charge on any atom is 0.0113 e. The standard InChI is InChI=1S/C16H33N3/c1-3-15(2)19-13-11-18(12-14-19)10-6-9-17-16-7-4-5-8-16/h15-17H,3-14H2,1-2H3. The summed E-state index contributed by atoms with van der Waals surface area (Å²) in [4.78, 5) is 5.29. The van der Waals surface area contributed by atoms with Gasteiger partial charge in [-0.3, -0.25) is 4.90 Å². The predicted molar refractivity (Wildman–Crippen MR) is 82.6 cm³/mol. The van der Waals surface area contributed by atoms with Gasteiger partial charge in [0.2, 0.25) is 0 Å². The van der Waals surface area contributed by atoms with Crippen LogP contribution in [0.25, 0.3) is 0 Å². The molecule has 1 atom stereocenters. The molecular weight excluding hydrogens is 234 g/mol. The Morgan fingerprint density at radius 2 is 1.79 bits per heavy atom. The molecule has 1 aliphatic heterocycles. The van der Waals surface area contributed by atoms with E-state index >= 15 is 0 Å². The number of nitrogens with one attached hydrogen (secondary N) is 1. The summed E-state index contributed by atoms with van der Waals surface area (Å²) in [5, 5.41) is 3.72. The molecule has 0 bridgehead atoms. The molecule has 0 spiro atoms. The smallest absolute Gasteiger partial charge is 0.0113 e. The molecule has 1 unspecified atom stereocenters. The minimum Gasteiger partial charge on any atom is -0.314 e. The maximum absolute atomic E-state index is 3.72. The summed E-state index contributed by atoms with van der Waals surface area (Å²) >= 11 is 0. The molecule has 1 saturated carbocycles. The first kappa shape index (κ1) is 15.3. The van der Waals surface area contributed by atoms with Crippen LogP contribution in [0.2, 0.25) is 0 Å². The van der Waals surface area contributed by atoms with E-state index in [2.05, 4.69) is 29.0 Å². The van der Waals surface area contributed by atoms with Crippen molar-refractivity contribution in [3.05, 3.63) is 0 Å². The molecule has 0 aromatic heterocycles. The Hall–Kier alpha value is -0.120.